The van der Waals surface area contributed by atoms with E-state index in [2.05, 4.69) is 10.6 Å². The Bertz CT molecular complexity index is 885. The van der Waals surface area contributed by atoms with Crippen molar-refractivity contribution in [1.29, 1.82) is 0 Å². The van der Waals surface area contributed by atoms with Gasteiger partial charge in [-0.3, -0.25) is 9.59 Å². The fourth-order valence-corrected chi connectivity index (χ4v) is 3.45. The summed E-state index contributed by atoms with van der Waals surface area (Å²) in [5.41, 5.74) is 0. The number of benzene rings is 2. The van der Waals surface area contributed by atoms with Crippen LogP contribution in [0.4, 0.5) is 8.78 Å². The predicted octanol–water partition coefficient (Wildman–Crippen LogP) is 3.88. The number of hydrogen-bond donors (Lipinski definition) is 2. The number of hydrogen-bond acceptors (Lipinski definition) is 4. The van der Waals surface area contributed by atoms with Gasteiger partial charge >= 0.3 is 0 Å². The zero-order chi connectivity index (χ0) is 22.4. The topological polar surface area (TPSA) is 76.7 Å². The largest absolute Gasteiger partial charge is 0.484 e. The van der Waals surface area contributed by atoms with Crippen molar-refractivity contribution in [2.45, 2.75) is 31.3 Å². The Morgan fingerprint density at radius 3 is 1.65 bits per heavy atom. The molecule has 0 radical (unpaired) electrons. The molecule has 0 aliphatic heterocycles. The zero-order valence-corrected chi connectivity index (χ0v) is 17.8. The van der Waals surface area contributed by atoms with Gasteiger partial charge in [0.05, 0.1) is 10.0 Å². The molecule has 166 valence electrons. The maximum Gasteiger partial charge on any atom is 0.258 e. The van der Waals surface area contributed by atoms with Crippen molar-refractivity contribution in [3.8, 4) is 11.5 Å². The molecule has 1 aliphatic rings. The molecule has 2 aromatic carbocycles. The summed E-state index contributed by atoms with van der Waals surface area (Å²) < 4.78 is 37.3. The molecule has 31 heavy (non-hydrogen) atoms. The van der Waals surface area contributed by atoms with Crippen LogP contribution in [0.1, 0.15) is 19.3 Å². The Hall–Kier alpha value is -2.58. The van der Waals surface area contributed by atoms with E-state index in [0.29, 0.717) is 19.3 Å². The van der Waals surface area contributed by atoms with E-state index < -0.39 is 11.6 Å². The van der Waals surface area contributed by atoms with E-state index in [1.807, 2.05) is 0 Å². The van der Waals surface area contributed by atoms with E-state index >= 15 is 0 Å². The van der Waals surface area contributed by atoms with Crippen molar-refractivity contribution in [3.05, 3.63) is 58.1 Å². The van der Waals surface area contributed by atoms with Crippen LogP contribution in [0.25, 0.3) is 0 Å². The van der Waals surface area contributed by atoms with Gasteiger partial charge in [-0.15, -0.1) is 0 Å². The minimum atomic E-state index is -0.626. The SMILES string of the molecule is O=C(COc1ccc(Cl)c(F)c1)N[C@@H]1CC[C@H](NC(=O)COc2ccc(Cl)c(F)c2)C1. The highest BCUT2D eigenvalue weighted by molar-refractivity contribution is 6.31. The second-order valence-corrected chi connectivity index (χ2v) is 7.89. The molecule has 2 N–H and O–H groups in total. The average Bonchev–Trinajstić information content (AvgIpc) is 3.16. The lowest BCUT2D eigenvalue weighted by molar-refractivity contribution is -0.124. The van der Waals surface area contributed by atoms with Crippen LogP contribution >= 0.6 is 23.2 Å². The van der Waals surface area contributed by atoms with E-state index in [0.717, 1.165) is 12.1 Å². The fourth-order valence-electron chi connectivity index (χ4n) is 3.21. The van der Waals surface area contributed by atoms with E-state index in [9.17, 15) is 18.4 Å². The summed E-state index contributed by atoms with van der Waals surface area (Å²) in [7, 11) is 0. The normalized spacial score (nSPS) is 17.8. The number of nitrogens with one attached hydrogen (secondary N) is 2. The van der Waals surface area contributed by atoms with Crippen molar-refractivity contribution >= 4 is 35.0 Å². The van der Waals surface area contributed by atoms with Crippen molar-refractivity contribution in [1.82, 2.24) is 10.6 Å². The third-order valence-corrected chi connectivity index (χ3v) is 5.30. The molecule has 0 saturated heterocycles. The van der Waals surface area contributed by atoms with Crippen LogP contribution < -0.4 is 20.1 Å². The van der Waals surface area contributed by atoms with Crippen LogP contribution in [0.5, 0.6) is 11.5 Å². The van der Waals surface area contributed by atoms with Gasteiger partial charge in [-0.25, -0.2) is 8.78 Å². The van der Waals surface area contributed by atoms with Gasteiger partial charge in [0.1, 0.15) is 23.1 Å². The van der Waals surface area contributed by atoms with Crippen LogP contribution in [-0.2, 0) is 9.59 Å². The number of carbonyl (C=O) groups is 2. The molecular formula is C21H20Cl2F2N2O4. The first-order valence-corrected chi connectivity index (χ1v) is 10.3. The molecule has 2 aromatic rings. The lowest BCUT2D eigenvalue weighted by Gasteiger charge is -2.15. The van der Waals surface area contributed by atoms with Gasteiger partial charge in [-0.05, 0) is 43.5 Å². The van der Waals surface area contributed by atoms with E-state index in [1.54, 1.807) is 0 Å². The van der Waals surface area contributed by atoms with Crippen LogP contribution in [0.3, 0.4) is 0 Å². The minimum Gasteiger partial charge on any atom is -0.484 e. The van der Waals surface area contributed by atoms with Crippen molar-refractivity contribution in [2.24, 2.45) is 0 Å². The molecule has 2 amide bonds. The smallest absolute Gasteiger partial charge is 0.258 e. The summed E-state index contributed by atoms with van der Waals surface area (Å²) >= 11 is 11.2. The van der Waals surface area contributed by atoms with Crippen LogP contribution in [0.2, 0.25) is 10.0 Å². The van der Waals surface area contributed by atoms with Crippen LogP contribution in [0, 0.1) is 11.6 Å². The van der Waals surface area contributed by atoms with E-state index in [4.69, 9.17) is 32.7 Å². The van der Waals surface area contributed by atoms with Crippen molar-refractivity contribution in [3.63, 3.8) is 0 Å². The van der Waals surface area contributed by atoms with Gasteiger partial charge in [-0.1, -0.05) is 23.2 Å². The number of ether oxygens (including phenoxy) is 2. The molecule has 0 heterocycles. The molecule has 1 saturated carbocycles. The number of rotatable bonds is 8. The average molecular weight is 473 g/mol. The van der Waals surface area contributed by atoms with Gasteiger partial charge < -0.3 is 20.1 Å². The third-order valence-electron chi connectivity index (χ3n) is 4.68. The highest BCUT2D eigenvalue weighted by Gasteiger charge is 2.27. The highest BCUT2D eigenvalue weighted by Crippen LogP contribution is 2.22. The molecule has 10 heteroatoms. The van der Waals surface area contributed by atoms with E-state index in [-0.39, 0.29) is 58.7 Å². The van der Waals surface area contributed by atoms with Crippen LogP contribution in [-0.4, -0.2) is 37.1 Å². The van der Waals surface area contributed by atoms with Crippen LogP contribution in [0.15, 0.2) is 36.4 Å². The summed E-state index contributed by atoms with van der Waals surface area (Å²) in [5.74, 6) is -1.54. The quantitative estimate of drug-likeness (QED) is 0.610. The fraction of sp³-hybridized carbons (Fsp3) is 0.333. The van der Waals surface area contributed by atoms with E-state index in [1.165, 1.54) is 24.3 Å². The zero-order valence-electron chi connectivity index (χ0n) is 16.3. The maximum absolute atomic E-state index is 13.4. The lowest BCUT2D eigenvalue weighted by atomic mass is 10.2. The first-order valence-electron chi connectivity index (χ1n) is 9.54. The molecule has 2 atom stereocenters. The van der Waals surface area contributed by atoms with Gasteiger partial charge in [0, 0.05) is 24.2 Å². The maximum atomic E-state index is 13.4. The second kappa shape index (κ2) is 10.6. The first-order chi connectivity index (χ1) is 14.8. The third kappa shape index (κ3) is 6.97. The molecule has 0 bridgehead atoms. The van der Waals surface area contributed by atoms with Crippen molar-refractivity contribution in [2.75, 3.05) is 13.2 Å². The first kappa shape index (κ1) is 23.1. The summed E-state index contributed by atoms with van der Waals surface area (Å²) in [4.78, 5) is 24.1. The molecule has 6 nitrogen and oxygen atoms in total. The van der Waals surface area contributed by atoms with Gasteiger partial charge in [-0.2, -0.15) is 0 Å². The van der Waals surface area contributed by atoms with Gasteiger partial charge in [0.15, 0.2) is 13.2 Å². The Morgan fingerprint density at radius 2 is 1.26 bits per heavy atom. The molecule has 1 aliphatic carbocycles. The molecule has 3 rings (SSSR count). The monoisotopic (exact) mass is 472 g/mol. The summed E-state index contributed by atoms with van der Waals surface area (Å²) in [5, 5.41) is 5.60. The lowest BCUT2D eigenvalue weighted by Crippen LogP contribution is -2.40. The molecule has 0 spiro atoms. The Balaban J connectivity index is 1.36. The predicted molar refractivity (Wildman–Crippen MR) is 112 cm³/mol. The van der Waals surface area contributed by atoms with Gasteiger partial charge in [0.25, 0.3) is 11.8 Å². The molecular weight excluding hydrogens is 453 g/mol. The Labute approximate surface area is 187 Å². The number of carbonyl (C=O) groups excluding carboxylic acids is 2. The molecule has 0 aromatic heterocycles. The number of amides is 2. The minimum absolute atomic E-state index is 0.0263. The Kier molecular flexibility index (Phi) is 7.92. The van der Waals surface area contributed by atoms with Gasteiger partial charge in [0.2, 0.25) is 0 Å². The summed E-state index contributed by atoms with van der Waals surface area (Å²) in [6.07, 6.45) is 1.94. The van der Waals surface area contributed by atoms with Crippen molar-refractivity contribution < 1.29 is 27.8 Å². The summed E-state index contributed by atoms with van der Waals surface area (Å²) in [6, 6.07) is 7.63. The molecule has 0 unspecified atom stereocenters. The standard InChI is InChI=1S/C21H20Cl2F2N2O4/c22-16-5-3-14(8-18(16)24)30-10-20(28)26-12-1-2-13(7-12)27-21(29)11-31-15-4-6-17(23)19(25)9-15/h3-6,8-9,12-13H,1-2,7,10-11H2,(H,26,28)(H,27,29)/t12-,13+. The summed E-state index contributed by atoms with van der Waals surface area (Å²) in [6.45, 7) is -0.528. The second-order valence-electron chi connectivity index (χ2n) is 7.07. The Morgan fingerprint density at radius 1 is 0.839 bits per heavy atom. The number of halogens is 4. The molecule has 1 fully saturated rings. The highest BCUT2D eigenvalue weighted by atomic mass is 35.5.